The Labute approximate surface area is 152 Å². The molecule has 1 unspecified atom stereocenters. The molecule has 0 amide bonds. The van der Waals surface area contributed by atoms with Gasteiger partial charge < -0.3 is 9.47 Å². The number of allylic oxidation sites excluding steroid dienone is 1. The van der Waals surface area contributed by atoms with Crippen LogP contribution in [0.25, 0.3) is 11.6 Å². The summed E-state index contributed by atoms with van der Waals surface area (Å²) in [5.41, 5.74) is 5.32. The number of fused-ring (bicyclic) bond motifs is 1. The van der Waals surface area contributed by atoms with Gasteiger partial charge in [0.1, 0.15) is 22.9 Å². The topological polar surface area (TPSA) is 57.4 Å². The van der Waals surface area contributed by atoms with Gasteiger partial charge in [0.05, 0.1) is 14.2 Å². The average molecular weight is 348 g/mol. The SMILES string of the molecule is COc1ccc(C2=Cc3nonc3CC(c3ccc(OC)cc3)C2)cc1. The molecule has 0 aliphatic heterocycles. The van der Waals surface area contributed by atoms with Crippen molar-refractivity contribution in [3.8, 4) is 11.5 Å². The summed E-state index contributed by atoms with van der Waals surface area (Å²) in [5.74, 6) is 2.00. The van der Waals surface area contributed by atoms with E-state index in [4.69, 9.17) is 14.1 Å². The minimum absolute atomic E-state index is 0.294. The first-order chi connectivity index (χ1) is 12.8. The van der Waals surface area contributed by atoms with Crippen molar-refractivity contribution >= 4 is 11.6 Å². The molecule has 0 saturated carbocycles. The fraction of sp³-hybridized carbons (Fsp3) is 0.238. The summed E-state index contributed by atoms with van der Waals surface area (Å²) >= 11 is 0. The number of ether oxygens (including phenoxy) is 2. The van der Waals surface area contributed by atoms with Gasteiger partial charge in [-0.25, -0.2) is 4.63 Å². The molecule has 3 aromatic rings. The third kappa shape index (κ3) is 3.20. The van der Waals surface area contributed by atoms with E-state index in [1.165, 1.54) is 11.1 Å². The number of hydrogen-bond donors (Lipinski definition) is 0. The fourth-order valence-corrected chi connectivity index (χ4v) is 3.38. The second-order valence-corrected chi connectivity index (χ2v) is 6.37. The summed E-state index contributed by atoms with van der Waals surface area (Å²) in [6.07, 6.45) is 3.77. The van der Waals surface area contributed by atoms with E-state index in [0.717, 1.165) is 41.3 Å². The van der Waals surface area contributed by atoms with Crippen LogP contribution in [-0.4, -0.2) is 24.5 Å². The molecule has 5 heteroatoms. The van der Waals surface area contributed by atoms with Crippen molar-refractivity contribution in [1.82, 2.24) is 10.3 Å². The summed E-state index contributed by atoms with van der Waals surface area (Å²) in [4.78, 5) is 0. The zero-order valence-corrected chi connectivity index (χ0v) is 14.8. The summed E-state index contributed by atoms with van der Waals surface area (Å²) in [7, 11) is 3.35. The highest BCUT2D eigenvalue weighted by Gasteiger charge is 2.24. The highest BCUT2D eigenvalue weighted by Crippen LogP contribution is 2.37. The Kier molecular flexibility index (Phi) is 4.44. The molecule has 0 spiro atoms. The van der Waals surface area contributed by atoms with E-state index in [2.05, 4.69) is 40.7 Å². The number of nitrogens with zero attached hydrogens (tertiary/aromatic N) is 2. The van der Waals surface area contributed by atoms with Crippen LogP contribution in [0.1, 0.15) is 34.9 Å². The zero-order chi connectivity index (χ0) is 17.9. The van der Waals surface area contributed by atoms with Gasteiger partial charge >= 0.3 is 0 Å². The van der Waals surface area contributed by atoms with Crippen molar-refractivity contribution in [2.45, 2.75) is 18.8 Å². The molecule has 1 heterocycles. The third-order valence-corrected chi connectivity index (χ3v) is 4.85. The van der Waals surface area contributed by atoms with Crippen LogP contribution in [-0.2, 0) is 6.42 Å². The van der Waals surface area contributed by atoms with E-state index in [1.54, 1.807) is 14.2 Å². The molecule has 0 N–H and O–H groups in total. The first kappa shape index (κ1) is 16.4. The molecule has 4 rings (SSSR count). The lowest BCUT2D eigenvalue weighted by Crippen LogP contribution is -2.04. The number of rotatable bonds is 4. The molecule has 2 aromatic carbocycles. The van der Waals surface area contributed by atoms with Crippen LogP contribution in [0.2, 0.25) is 0 Å². The summed E-state index contributed by atoms with van der Waals surface area (Å²) in [6.45, 7) is 0. The predicted octanol–water partition coefficient (Wildman–Crippen LogP) is 4.36. The van der Waals surface area contributed by atoms with Gasteiger partial charge in [0, 0.05) is 6.42 Å². The maximum atomic E-state index is 5.28. The molecule has 1 aliphatic rings. The van der Waals surface area contributed by atoms with Crippen molar-refractivity contribution in [3.63, 3.8) is 0 Å². The van der Waals surface area contributed by atoms with Crippen LogP contribution in [0.4, 0.5) is 0 Å². The first-order valence-electron chi connectivity index (χ1n) is 8.57. The summed E-state index contributed by atoms with van der Waals surface area (Å²) < 4.78 is 15.5. The van der Waals surface area contributed by atoms with E-state index in [-0.39, 0.29) is 0 Å². The zero-order valence-electron chi connectivity index (χ0n) is 14.8. The maximum Gasteiger partial charge on any atom is 0.131 e. The number of methoxy groups -OCH3 is 2. The second kappa shape index (κ2) is 7.04. The lowest BCUT2D eigenvalue weighted by Gasteiger charge is -2.17. The van der Waals surface area contributed by atoms with Gasteiger partial charge in [0.15, 0.2) is 0 Å². The van der Waals surface area contributed by atoms with Crippen LogP contribution in [0.5, 0.6) is 11.5 Å². The normalized spacial score (nSPS) is 16.4. The van der Waals surface area contributed by atoms with E-state index in [0.29, 0.717) is 5.92 Å². The fourth-order valence-electron chi connectivity index (χ4n) is 3.38. The number of hydrogen-bond acceptors (Lipinski definition) is 5. The Balaban J connectivity index is 1.70. The lowest BCUT2D eigenvalue weighted by molar-refractivity contribution is 0.301. The van der Waals surface area contributed by atoms with E-state index < -0.39 is 0 Å². The molecule has 0 saturated heterocycles. The molecule has 1 aromatic heterocycles. The number of aromatic nitrogens is 2. The average Bonchev–Trinajstić information content (AvgIpc) is 3.05. The Hall–Kier alpha value is -3.08. The van der Waals surface area contributed by atoms with Crippen LogP contribution >= 0.6 is 0 Å². The molecule has 0 fully saturated rings. The molecule has 1 aliphatic carbocycles. The highest BCUT2D eigenvalue weighted by atomic mass is 16.6. The van der Waals surface area contributed by atoms with E-state index >= 15 is 0 Å². The van der Waals surface area contributed by atoms with Crippen LogP contribution in [0.3, 0.4) is 0 Å². The first-order valence-corrected chi connectivity index (χ1v) is 8.57. The molecule has 5 nitrogen and oxygen atoms in total. The van der Waals surface area contributed by atoms with E-state index in [1.807, 2.05) is 24.3 Å². The molecule has 0 bridgehead atoms. The predicted molar refractivity (Wildman–Crippen MR) is 99.2 cm³/mol. The minimum Gasteiger partial charge on any atom is -0.497 e. The summed E-state index contributed by atoms with van der Waals surface area (Å²) in [5, 5.41) is 8.18. The lowest BCUT2D eigenvalue weighted by atomic mass is 9.87. The Bertz CT molecular complexity index is 911. The second-order valence-electron chi connectivity index (χ2n) is 6.37. The Morgan fingerprint density at radius 3 is 2.15 bits per heavy atom. The van der Waals surface area contributed by atoms with E-state index in [9.17, 15) is 0 Å². The monoisotopic (exact) mass is 348 g/mol. The quantitative estimate of drug-likeness (QED) is 0.701. The van der Waals surface area contributed by atoms with Crippen molar-refractivity contribution in [2.24, 2.45) is 0 Å². The van der Waals surface area contributed by atoms with Crippen molar-refractivity contribution < 1.29 is 14.1 Å². The van der Waals surface area contributed by atoms with Crippen LogP contribution in [0.15, 0.2) is 53.2 Å². The van der Waals surface area contributed by atoms with Crippen molar-refractivity contribution in [2.75, 3.05) is 14.2 Å². The smallest absolute Gasteiger partial charge is 0.131 e. The highest BCUT2D eigenvalue weighted by molar-refractivity contribution is 5.82. The van der Waals surface area contributed by atoms with Gasteiger partial charge in [-0.15, -0.1) is 0 Å². The van der Waals surface area contributed by atoms with Gasteiger partial charge in [0.2, 0.25) is 0 Å². The van der Waals surface area contributed by atoms with Crippen molar-refractivity contribution in [1.29, 1.82) is 0 Å². The minimum atomic E-state index is 0.294. The van der Waals surface area contributed by atoms with Crippen molar-refractivity contribution in [3.05, 3.63) is 71.0 Å². The van der Waals surface area contributed by atoms with Gasteiger partial charge in [-0.2, -0.15) is 0 Å². The van der Waals surface area contributed by atoms with Gasteiger partial charge in [-0.1, -0.05) is 34.6 Å². The summed E-state index contributed by atoms with van der Waals surface area (Å²) in [6, 6.07) is 16.3. The third-order valence-electron chi connectivity index (χ3n) is 4.85. The molecule has 1 atom stereocenters. The van der Waals surface area contributed by atoms with Crippen LogP contribution < -0.4 is 9.47 Å². The Morgan fingerprint density at radius 1 is 0.846 bits per heavy atom. The van der Waals surface area contributed by atoms with Gasteiger partial charge in [-0.3, -0.25) is 0 Å². The molecule has 0 radical (unpaired) electrons. The van der Waals surface area contributed by atoms with Gasteiger partial charge in [-0.05, 0) is 59.4 Å². The maximum absolute atomic E-state index is 5.28. The standard InChI is InChI=1S/C21H20N2O3/c1-24-18-7-3-14(4-8-18)16-11-17(13-21-20(12-16)22-26-23-21)15-5-9-19(25-2)10-6-15/h3-10,12,17H,11,13H2,1-2H3. The number of benzene rings is 2. The molecule has 132 valence electrons. The largest absolute Gasteiger partial charge is 0.497 e. The Morgan fingerprint density at radius 2 is 1.50 bits per heavy atom. The van der Waals surface area contributed by atoms with Crippen LogP contribution in [0, 0.1) is 0 Å². The van der Waals surface area contributed by atoms with Gasteiger partial charge in [0.25, 0.3) is 0 Å². The molecular weight excluding hydrogens is 328 g/mol. The molecular formula is C21H20N2O3. The molecule has 26 heavy (non-hydrogen) atoms.